The lowest BCUT2D eigenvalue weighted by Crippen LogP contribution is -2.45. The Labute approximate surface area is 187 Å². The molecule has 1 aliphatic rings. The van der Waals surface area contributed by atoms with Crippen LogP contribution in [0.25, 0.3) is 5.65 Å². The summed E-state index contributed by atoms with van der Waals surface area (Å²) in [6.07, 6.45) is 10.3. The third kappa shape index (κ3) is 5.15. The molecule has 3 aromatic rings. The van der Waals surface area contributed by atoms with E-state index in [0.29, 0.717) is 24.7 Å². The van der Waals surface area contributed by atoms with Gasteiger partial charge in [0.25, 0.3) is 0 Å². The minimum Gasteiger partial charge on any atom is -0.350 e. The summed E-state index contributed by atoms with van der Waals surface area (Å²) in [6, 6.07) is 4.02. The smallest absolute Gasteiger partial charge is 0.227 e. The van der Waals surface area contributed by atoms with Gasteiger partial charge in [-0.15, -0.1) is 0 Å². The van der Waals surface area contributed by atoms with Gasteiger partial charge in [-0.1, -0.05) is 30.8 Å². The van der Waals surface area contributed by atoms with Crippen molar-refractivity contribution in [3.05, 3.63) is 47.5 Å². The molecule has 170 valence electrons. The molecule has 0 bridgehead atoms. The van der Waals surface area contributed by atoms with E-state index >= 15 is 0 Å². The summed E-state index contributed by atoms with van der Waals surface area (Å²) < 4.78 is 7.36. The monoisotopic (exact) mass is 438 g/mol. The van der Waals surface area contributed by atoms with Crippen LogP contribution >= 0.6 is 0 Å². The third-order valence-electron chi connectivity index (χ3n) is 5.97. The molecule has 2 amide bonds. The summed E-state index contributed by atoms with van der Waals surface area (Å²) in [5.74, 6) is 0.723. The van der Waals surface area contributed by atoms with E-state index < -0.39 is 5.54 Å². The van der Waals surface area contributed by atoms with Crippen molar-refractivity contribution in [3.63, 3.8) is 0 Å². The zero-order chi connectivity index (χ0) is 22.6. The van der Waals surface area contributed by atoms with Crippen molar-refractivity contribution in [1.82, 2.24) is 30.2 Å². The van der Waals surface area contributed by atoms with E-state index in [1.165, 1.54) is 6.92 Å². The molecule has 0 aromatic carbocycles. The largest absolute Gasteiger partial charge is 0.350 e. The Bertz CT molecular complexity index is 1090. The molecular weight excluding hydrogens is 408 g/mol. The van der Waals surface area contributed by atoms with Crippen molar-refractivity contribution in [3.8, 4) is 0 Å². The van der Waals surface area contributed by atoms with Gasteiger partial charge in [0.1, 0.15) is 11.2 Å². The maximum absolute atomic E-state index is 12.3. The minimum absolute atomic E-state index is 0.0975. The summed E-state index contributed by atoms with van der Waals surface area (Å²) in [5.41, 5.74) is 2.23. The molecule has 0 spiro atoms. The molecule has 0 aliphatic heterocycles. The average Bonchev–Trinajstić information content (AvgIpc) is 3.33. The Morgan fingerprint density at radius 3 is 2.72 bits per heavy atom. The van der Waals surface area contributed by atoms with Gasteiger partial charge in [0.15, 0.2) is 5.82 Å². The highest BCUT2D eigenvalue weighted by Gasteiger charge is 2.38. The molecule has 0 saturated heterocycles. The molecule has 32 heavy (non-hydrogen) atoms. The van der Waals surface area contributed by atoms with Crippen LogP contribution in [0.2, 0.25) is 0 Å². The highest BCUT2D eigenvalue weighted by molar-refractivity contribution is 5.76. The van der Waals surface area contributed by atoms with E-state index in [4.69, 9.17) is 4.52 Å². The molecule has 0 atom stereocenters. The number of aromatic nitrogens is 4. The minimum atomic E-state index is -0.576. The van der Waals surface area contributed by atoms with Gasteiger partial charge in [-0.05, 0) is 37.5 Å². The van der Waals surface area contributed by atoms with Gasteiger partial charge in [-0.3, -0.25) is 9.59 Å². The SMILES string of the molecule is CC(=O)NC1(c2noc(CCC(=O)NCc3cn4ccc(C)cc4n3)n2)CCCCCC1. The van der Waals surface area contributed by atoms with Crippen molar-refractivity contribution < 1.29 is 14.1 Å². The number of hydrogen-bond acceptors (Lipinski definition) is 6. The molecule has 4 rings (SSSR count). The fourth-order valence-electron chi connectivity index (χ4n) is 4.34. The number of pyridine rings is 1. The fourth-order valence-corrected chi connectivity index (χ4v) is 4.34. The van der Waals surface area contributed by atoms with Crippen molar-refractivity contribution in [2.75, 3.05) is 0 Å². The van der Waals surface area contributed by atoms with Crippen LogP contribution in [0, 0.1) is 6.92 Å². The number of carbonyl (C=O) groups is 2. The van der Waals surface area contributed by atoms with Gasteiger partial charge in [0, 0.05) is 32.2 Å². The molecule has 9 nitrogen and oxygen atoms in total. The van der Waals surface area contributed by atoms with Crippen LogP contribution in [-0.4, -0.2) is 31.3 Å². The Morgan fingerprint density at radius 1 is 1.19 bits per heavy atom. The zero-order valence-electron chi connectivity index (χ0n) is 18.7. The van der Waals surface area contributed by atoms with Crippen molar-refractivity contribution in [2.24, 2.45) is 0 Å². The molecule has 9 heteroatoms. The predicted octanol–water partition coefficient (Wildman–Crippen LogP) is 2.96. The summed E-state index contributed by atoms with van der Waals surface area (Å²) >= 11 is 0. The molecule has 2 N–H and O–H groups in total. The van der Waals surface area contributed by atoms with Gasteiger partial charge in [0.2, 0.25) is 17.7 Å². The number of imidazole rings is 1. The topological polar surface area (TPSA) is 114 Å². The van der Waals surface area contributed by atoms with Gasteiger partial charge < -0.3 is 19.6 Å². The molecule has 0 radical (unpaired) electrons. The lowest BCUT2D eigenvalue weighted by molar-refractivity contribution is -0.122. The highest BCUT2D eigenvalue weighted by atomic mass is 16.5. The second kappa shape index (κ2) is 9.50. The lowest BCUT2D eigenvalue weighted by Gasteiger charge is -2.30. The lowest BCUT2D eigenvalue weighted by atomic mass is 9.89. The predicted molar refractivity (Wildman–Crippen MR) is 118 cm³/mol. The van der Waals surface area contributed by atoms with E-state index in [0.717, 1.165) is 55.4 Å². The number of nitrogens with one attached hydrogen (secondary N) is 2. The average molecular weight is 439 g/mol. The number of nitrogens with zero attached hydrogens (tertiary/aromatic N) is 4. The van der Waals surface area contributed by atoms with Crippen LogP contribution in [0.1, 0.15) is 74.8 Å². The maximum atomic E-state index is 12.3. The van der Waals surface area contributed by atoms with Crippen molar-refractivity contribution in [2.45, 2.75) is 77.3 Å². The van der Waals surface area contributed by atoms with Crippen LogP contribution < -0.4 is 10.6 Å². The van der Waals surface area contributed by atoms with Gasteiger partial charge in [-0.25, -0.2) is 4.98 Å². The molecule has 3 heterocycles. The van der Waals surface area contributed by atoms with E-state index in [2.05, 4.69) is 25.8 Å². The Kier molecular flexibility index (Phi) is 6.53. The van der Waals surface area contributed by atoms with Crippen molar-refractivity contribution in [1.29, 1.82) is 0 Å². The van der Waals surface area contributed by atoms with Gasteiger partial charge in [-0.2, -0.15) is 4.98 Å². The first-order chi connectivity index (χ1) is 15.4. The van der Waals surface area contributed by atoms with Gasteiger partial charge in [0.05, 0.1) is 12.2 Å². The first-order valence-corrected chi connectivity index (χ1v) is 11.3. The zero-order valence-corrected chi connectivity index (χ0v) is 18.7. The molecule has 1 aliphatic carbocycles. The number of fused-ring (bicyclic) bond motifs is 1. The number of carbonyl (C=O) groups excluding carboxylic acids is 2. The number of hydrogen-bond donors (Lipinski definition) is 2. The third-order valence-corrected chi connectivity index (χ3v) is 5.97. The normalized spacial score (nSPS) is 15.9. The molecule has 1 fully saturated rings. The Balaban J connectivity index is 1.33. The molecule has 0 unspecified atom stereocenters. The quantitative estimate of drug-likeness (QED) is 0.548. The van der Waals surface area contributed by atoms with E-state index in [9.17, 15) is 9.59 Å². The molecular formula is C23H30N6O3. The maximum Gasteiger partial charge on any atom is 0.227 e. The number of amides is 2. The van der Waals surface area contributed by atoms with E-state index in [1.807, 2.05) is 35.9 Å². The first kappa shape index (κ1) is 22.0. The highest BCUT2D eigenvalue weighted by Crippen LogP contribution is 2.34. The van der Waals surface area contributed by atoms with Crippen molar-refractivity contribution >= 4 is 17.5 Å². The fraction of sp³-hybridized carbons (Fsp3) is 0.522. The second-order valence-corrected chi connectivity index (χ2v) is 8.67. The van der Waals surface area contributed by atoms with Crippen LogP contribution in [0.15, 0.2) is 29.0 Å². The second-order valence-electron chi connectivity index (χ2n) is 8.67. The van der Waals surface area contributed by atoms with E-state index in [1.54, 1.807) is 0 Å². The standard InChI is InChI=1S/C23H30N6O3/c1-16-9-12-29-15-18(25-19(29)13-16)14-24-20(31)7-8-21-26-22(28-32-21)23(27-17(2)30)10-5-3-4-6-11-23/h9,12-13,15H,3-8,10-11,14H2,1-2H3,(H,24,31)(H,27,30). The Morgan fingerprint density at radius 2 is 1.97 bits per heavy atom. The molecule has 1 saturated carbocycles. The number of rotatable bonds is 7. The number of aryl methyl sites for hydroxylation is 2. The van der Waals surface area contributed by atoms with Gasteiger partial charge >= 0.3 is 0 Å². The van der Waals surface area contributed by atoms with E-state index in [-0.39, 0.29) is 18.2 Å². The summed E-state index contributed by atoms with van der Waals surface area (Å²) in [5, 5.41) is 10.1. The summed E-state index contributed by atoms with van der Waals surface area (Å²) in [4.78, 5) is 33.2. The Hall–Kier alpha value is -3.23. The van der Waals surface area contributed by atoms with Crippen LogP contribution in [0.3, 0.4) is 0 Å². The summed E-state index contributed by atoms with van der Waals surface area (Å²) in [6.45, 7) is 3.90. The molecule has 3 aromatic heterocycles. The van der Waals surface area contributed by atoms with Crippen LogP contribution in [-0.2, 0) is 28.1 Å². The first-order valence-electron chi connectivity index (χ1n) is 11.3. The summed E-state index contributed by atoms with van der Waals surface area (Å²) in [7, 11) is 0. The van der Waals surface area contributed by atoms with Crippen LogP contribution in [0.4, 0.5) is 0 Å². The van der Waals surface area contributed by atoms with Crippen LogP contribution in [0.5, 0.6) is 0 Å².